The number of carbonyl (C=O) groups excluding carboxylic acids is 2. The van der Waals surface area contributed by atoms with Crippen molar-refractivity contribution < 1.29 is 36.8 Å². The van der Waals surface area contributed by atoms with Crippen molar-refractivity contribution in [3.05, 3.63) is 35.6 Å². The predicted molar refractivity (Wildman–Crippen MR) is 104 cm³/mol. The van der Waals surface area contributed by atoms with E-state index in [1.807, 2.05) is 0 Å². The quantitative estimate of drug-likeness (QED) is 0.390. The third-order valence-corrected chi connectivity index (χ3v) is 6.37. The minimum Gasteiger partial charge on any atom is -0.598 e. The molecule has 0 aliphatic carbocycles. The first-order chi connectivity index (χ1) is 13.7. The first-order valence-electron chi connectivity index (χ1n) is 9.33. The van der Waals surface area contributed by atoms with Crippen LogP contribution in [-0.4, -0.2) is 39.4 Å². The number of rotatable bonds is 7. The van der Waals surface area contributed by atoms with Gasteiger partial charge in [0.2, 0.25) is 0 Å². The van der Waals surface area contributed by atoms with Crippen molar-refractivity contribution in [2.45, 2.75) is 69.2 Å². The molecule has 0 spiro atoms. The number of nitrogens with one attached hydrogen (secondary N) is 1. The third-order valence-electron chi connectivity index (χ3n) is 4.68. The number of alkyl halides is 2. The lowest BCUT2D eigenvalue weighted by atomic mass is 9.83. The van der Waals surface area contributed by atoms with E-state index in [2.05, 4.69) is 4.72 Å². The maximum Gasteiger partial charge on any atom is 0.359 e. The summed E-state index contributed by atoms with van der Waals surface area (Å²) < 4.78 is 68.3. The maximum atomic E-state index is 15.3. The summed E-state index contributed by atoms with van der Waals surface area (Å²) in [7, 11) is 0. The van der Waals surface area contributed by atoms with Crippen LogP contribution in [0.4, 0.5) is 13.2 Å². The lowest BCUT2D eigenvalue weighted by molar-refractivity contribution is -0.253. The fourth-order valence-electron chi connectivity index (χ4n) is 2.89. The molecule has 2 unspecified atom stereocenters. The first kappa shape index (κ1) is 24.5. The molecule has 0 bridgehead atoms. The Kier molecular flexibility index (Phi) is 6.85. The van der Waals surface area contributed by atoms with E-state index in [4.69, 9.17) is 9.47 Å². The minimum absolute atomic E-state index is 0.202. The molecular weight excluding hydrogens is 423 g/mol. The molecule has 30 heavy (non-hydrogen) atoms. The Morgan fingerprint density at radius 1 is 1.13 bits per heavy atom. The minimum atomic E-state index is -3.20. The van der Waals surface area contributed by atoms with Gasteiger partial charge in [-0.3, -0.25) is 0 Å². The van der Waals surface area contributed by atoms with Crippen LogP contribution >= 0.6 is 0 Å². The zero-order valence-electron chi connectivity index (χ0n) is 17.5. The molecule has 1 saturated heterocycles. The van der Waals surface area contributed by atoms with Crippen molar-refractivity contribution in [1.29, 1.82) is 0 Å². The maximum absolute atomic E-state index is 15.3. The van der Waals surface area contributed by atoms with Crippen LogP contribution in [0.1, 0.15) is 53.0 Å². The largest absolute Gasteiger partial charge is 0.598 e. The molecule has 1 aromatic rings. The topological polar surface area (TPSA) is 87.7 Å². The van der Waals surface area contributed by atoms with Crippen LogP contribution in [-0.2, 0) is 36.0 Å². The van der Waals surface area contributed by atoms with Gasteiger partial charge in [0.15, 0.2) is 0 Å². The van der Waals surface area contributed by atoms with E-state index >= 15 is 4.39 Å². The molecule has 2 rings (SSSR count). The van der Waals surface area contributed by atoms with E-state index in [1.165, 1.54) is 32.0 Å². The highest BCUT2D eigenvalue weighted by atomic mass is 32.2. The van der Waals surface area contributed by atoms with Crippen LogP contribution < -0.4 is 4.72 Å². The molecule has 1 aliphatic heterocycles. The Hall–Kier alpha value is -1.78. The summed E-state index contributed by atoms with van der Waals surface area (Å²) in [5, 5.41) is 0. The van der Waals surface area contributed by atoms with Crippen LogP contribution in [0.3, 0.4) is 0 Å². The summed E-state index contributed by atoms with van der Waals surface area (Å²) in [6.45, 7) is 6.11. The molecule has 6 nitrogen and oxygen atoms in total. The molecule has 1 fully saturated rings. The molecule has 0 radical (unpaired) electrons. The van der Waals surface area contributed by atoms with Gasteiger partial charge in [-0.2, -0.15) is 0 Å². The lowest BCUT2D eigenvalue weighted by Gasteiger charge is -2.39. The van der Waals surface area contributed by atoms with Gasteiger partial charge in [-0.15, -0.1) is 4.72 Å². The van der Waals surface area contributed by atoms with Gasteiger partial charge in [-0.25, -0.2) is 22.8 Å². The Morgan fingerprint density at radius 3 is 2.13 bits per heavy atom. The highest BCUT2D eigenvalue weighted by Gasteiger charge is 2.58. The average Bonchev–Trinajstić information content (AvgIpc) is 2.62. The van der Waals surface area contributed by atoms with E-state index in [9.17, 15) is 22.9 Å². The summed E-state index contributed by atoms with van der Waals surface area (Å²) >= 11 is -1.88. The Balaban J connectivity index is 2.42. The van der Waals surface area contributed by atoms with E-state index in [0.29, 0.717) is 0 Å². The zero-order chi connectivity index (χ0) is 23.0. The highest BCUT2D eigenvalue weighted by molar-refractivity contribution is 7.90. The Bertz CT molecular complexity index is 794. The second kappa shape index (κ2) is 8.39. The number of halogens is 3. The molecule has 2 atom stereocenters. The second-order valence-corrected chi connectivity index (χ2v) is 10.6. The van der Waals surface area contributed by atoms with Crippen molar-refractivity contribution in [3.8, 4) is 0 Å². The van der Waals surface area contributed by atoms with E-state index < -0.39 is 70.4 Å². The van der Waals surface area contributed by atoms with Gasteiger partial charge < -0.3 is 14.0 Å². The van der Waals surface area contributed by atoms with E-state index in [0.717, 1.165) is 6.07 Å². The molecule has 1 heterocycles. The molecule has 1 aliphatic rings. The van der Waals surface area contributed by atoms with Gasteiger partial charge >= 0.3 is 17.6 Å². The highest BCUT2D eigenvalue weighted by Crippen LogP contribution is 2.38. The number of hydrogen-bond donors (Lipinski definition) is 1. The van der Waals surface area contributed by atoms with Crippen molar-refractivity contribution in [1.82, 2.24) is 4.72 Å². The second-order valence-electron chi connectivity index (χ2n) is 8.66. The van der Waals surface area contributed by atoms with Gasteiger partial charge in [0.1, 0.15) is 22.8 Å². The van der Waals surface area contributed by atoms with Gasteiger partial charge in [0.25, 0.3) is 5.79 Å². The summed E-state index contributed by atoms with van der Waals surface area (Å²) in [5.41, 5.74) is -5.37. The molecule has 1 aromatic carbocycles. The normalized spacial score (nSPS) is 21.4. The number of carbonyl (C=O) groups is 2. The van der Waals surface area contributed by atoms with Crippen LogP contribution in [0.25, 0.3) is 0 Å². The smallest absolute Gasteiger partial charge is 0.359 e. The molecular formula is C20H26F3NO5S. The number of esters is 2. The number of ether oxygens (including phenoxy) is 2. The lowest BCUT2D eigenvalue weighted by Crippen LogP contribution is -2.58. The molecule has 0 saturated carbocycles. The molecule has 0 amide bonds. The summed E-state index contributed by atoms with van der Waals surface area (Å²) in [6.07, 6.45) is -1.44. The molecule has 168 valence electrons. The van der Waals surface area contributed by atoms with Crippen molar-refractivity contribution >= 4 is 23.3 Å². The van der Waals surface area contributed by atoms with Gasteiger partial charge in [-0.1, -0.05) is 18.2 Å². The molecule has 0 aromatic heterocycles. The van der Waals surface area contributed by atoms with E-state index in [1.54, 1.807) is 20.8 Å². The number of cyclic esters (lactones) is 2. The van der Waals surface area contributed by atoms with Crippen molar-refractivity contribution in [2.75, 3.05) is 6.67 Å². The van der Waals surface area contributed by atoms with Gasteiger partial charge in [-0.05, 0) is 33.3 Å². The fraction of sp³-hybridized carbons (Fsp3) is 0.600. The Labute approximate surface area is 176 Å². The van der Waals surface area contributed by atoms with Crippen LogP contribution in [0.2, 0.25) is 0 Å². The standard InChI is InChI=1S/C20H26F3NO5S/c1-17(2,3)30(27)24-19(12-21,13-8-6-7-9-14(13)22)10-11-20(23)15(25)28-18(4,5)29-16(20)26/h6-9,24H,10-12H2,1-5H3. The van der Waals surface area contributed by atoms with E-state index in [-0.39, 0.29) is 5.56 Å². The van der Waals surface area contributed by atoms with Crippen LogP contribution in [0.15, 0.2) is 24.3 Å². The fourth-order valence-corrected chi connectivity index (χ4v) is 3.82. The molecule has 10 heteroatoms. The number of hydrogen-bond acceptors (Lipinski definition) is 6. The SMILES string of the molecule is CC1(C)OC(=O)C(F)(CCC(CF)(N[S+]([O-])C(C)(C)C)c2ccccc2F)C(=O)O1. The van der Waals surface area contributed by atoms with Crippen molar-refractivity contribution in [3.63, 3.8) is 0 Å². The number of benzene rings is 1. The average molecular weight is 449 g/mol. The first-order valence-corrected chi connectivity index (χ1v) is 10.5. The van der Waals surface area contributed by atoms with Crippen LogP contribution in [0, 0.1) is 5.82 Å². The third kappa shape index (κ3) is 4.92. The predicted octanol–water partition coefficient (Wildman–Crippen LogP) is 3.37. The summed E-state index contributed by atoms with van der Waals surface area (Å²) in [6, 6.07) is 5.18. The molecule has 1 N–H and O–H groups in total. The van der Waals surface area contributed by atoms with Gasteiger partial charge in [0, 0.05) is 37.2 Å². The summed E-state index contributed by atoms with van der Waals surface area (Å²) in [4.78, 5) is 24.4. The van der Waals surface area contributed by atoms with Crippen LogP contribution in [0.5, 0.6) is 0 Å². The summed E-state index contributed by atoms with van der Waals surface area (Å²) in [5.74, 6) is -5.39. The monoisotopic (exact) mass is 449 g/mol. The van der Waals surface area contributed by atoms with Crippen molar-refractivity contribution in [2.24, 2.45) is 0 Å². The van der Waals surface area contributed by atoms with Gasteiger partial charge in [0.05, 0.1) is 0 Å². The Morgan fingerprint density at radius 2 is 1.67 bits per heavy atom. The zero-order valence-corrected chi connectivity index (χ0v) is 18.3.